The van der Waals surface area contributed by atoms with Crippen LogP contribution in [0.15, 0.2) is 47.6 Å². The quantitative estimate of drug-likeness (QED) is 0.226. The van der Waals surface area contributed by atoms with Crippen molar-refractivity contribution in [1.29, 1.82) is 0 Å². The highest BCUT2D eigenvalue weighted by Gasteiger charge is 2.26. The molecule has 0 aliphatic carbocycles. The van der Waals surface area contributed by atoms with Gasteiger partial charge in [0.25, 0.3) is 11.6 Å². The van der Waals surface area contributed by atoms with Gasteiger partial charge in [0.2, 0.25) is 5.91 Å². The molecule has 184 valence electrons. The number of halogens is 2. The van der Waals surface area contributed by atoms with E-state index < -0.39 is 16.9 Å². The fourth-order valence-electron chi connectivity index (χ4n) is 3.15. The summed E-state index contributed by atoms with van der Waals surface area (Å²) in [6.07, 6.45) is 0. The van der Waals surface area contributed by atoms with E-state index in [1.165, 1.54) is 36.0 Å². The molecule has 1 heterocycles. The van der Waals surface area contributed by atoms with Crippen LogP contribution in [0.2, 0.25) is 10.0 Å². The predicted molar refractivity (Wildman–Crippen MR) is 135 cm³/mol. The number of nitrogens with one attached hydrogen (secondary N) is 2. The van der Waals surface area contributed by atoms with Crippen molar-refractivity contribution in [2.75, 3.05) is 11.1 Å². The van der Waals surface area contributed by atoms with E-state index in [1.54, 1.807) is 29.8 Å². The standard InChI is InChI=1S/C22H22Cl2N6O4S/c1-12(2)19(26-21(32)13-5-4-6-15(9-13)30(33)34)20-27-28-22(29(20)3)35-11-18(31)25-17-10-14(23)7-8-16(17)24/h4-10,12,19H,11H2,1-3H3,(H,25,31)(H,26,32)/t19-/m0/s1. The number of nitro groups is 1. The van der Waals surface area contributed by atoms with E-state index in [-0.39, 0.29) is 28.8 Å². The zero-order valence-electron chi connectivity index (χ0n) is 19.0. The number of aromatic nitrogens is 3. The summed E-state index contributed by atoms with van der Waals surface area (Å²) in [7, 11) is 1.73. The lowest BCUT2D eigenvalue weighted by atomic mass is 10.0. The van der Waals surface area contributed by atoms with Crippen LogP contribution in [0.4, 0.5) is 11.4 Å². The highest BCUT2D eigenvalue weighted by atomic mass is 35.5. The van der Waals surface area contributed by atoms with Gasteiger partial charge in [-0.15, -0.1) is 10.2 Å². The molecule has 0 bridgehead atoms. The van der Waals surface area contributed by atoms with Crippen molar-refractivity contribution in [3.05, 3.63) is 74.0 Å². The molecule has 10 nitrogen and oxygen atoms in total. The summed E-state index contributed by atoms with van der Waals surface area (Å²) in [5.41, 5.74) is 0.401. The minimum absolute atomic E-state index is 0.0429. The van der Waals surface area contributed by atoms with Gasteiger partial charge >= 0.3 is 0 Å². The van der Waals surface area contributed by atoms with E-state index in [2.05, 4.69) is 20.8 Å². The molecule has 2 N–H and O–H groups in total. The topological polar surface area (TPSA) is 132 Å². The van der Waals surface area contributed by atoms with Gasteiger partial charge in [0.05, 0.1) is 27.4 Å². The highest BCUT2D eigenvalue weighted by Crippen LogP contribution is 2.27. The van der Waals surface area contributed by atoms with Gasteiger partial charge in [-0.2, -0.15) is 0 Å². The second kappa shape index (κ2) is 11.5. The monoisotopic (exact) mass is 536 g/mol. The highest BCUT2D eigenvalue weighted by molar-refractivity contribution is 7.99. The first-order chi connectivity index (χ1) is 16.6. The maximum absolute atomic E-state index is 12.8. The Morgan fingerprint density at radius 1 is 1.17 bits per heavy atom. The molecule has 13 heteroatoms. The van der Waals surface area contributed by atoms with E-state index in [9.17, 15) is 19.7 Å². The molecule has 3 aromatic rings. The Kier molecular flexibility index (Phi) is 8.71. The average Bonchev–Trinajstić information content (AvgIpc) is 3.18. The van der Waals surface area contributed by atoms with Gasteiger partial charge in [0, 0.05) is 29.8 Å². The Balaban J connectivity index is 1.69. The van der Waals surface area contributed by atoms with Crippen molar-refractivity contribution in [2.45, 2.75) is 25.0 Å². The molecule has 0 aliphatic heterocycles. The number of amides is 2. The Bertz CT molecular complexity index is 1270. The van der Waals surface area contributed by atoms with Crippen LogP contribution in [0.5, 0.6) is 0 Å². The molecular formula is C22H22Cl2N6O4S. The number of nitro benzene ring substituents is 1. The van der Waals surface area contributed by atoms with Crippen LogP contribution < -0.4 is 10.6 Å². The third-order valence-corrected chi connectivity index (χ3v) is 6.54. The maximum Gasteiger partial charge on any atom is 0.270 e. The molecule has 35 heavy (non-hydrogen) atoms. The van der Waals surface area contributed by atoms with Gasteiger partial charge in [-0.3, -0.25) is 19.7 Å². The minimum Gasteiger partial charge on any atom is -0.342 e. The Labute approximate surface area is 215 Å². The van der Waals surface area contributed by atoms with Crippen LogP contribution in [0, 0.1) is 16.0 Å². The van der Waals surface area contributed by atoms with Crippen molar-refractivity contribution >= 4 is 58.2 Å². The first kappa shape index (κ1) is 26.5. The van der Waals surface area contributed by atoms with Crippen LogP contribution >= 0.6 is 35.0 Å². The molecule has 0 fully saturated rings. The predicted octanol–water partition coefficient (Wildman–Crippen LogP) is 4.89. The lowest BCUT2D eigenvalue weighted by molar-refractivity contribution is -0.384. The molecule has 1 atom stereocenters. The average molecular weight is 537 g/mol. The Hall–Kier alpha value is -3.15. The smallest absolute Gasteiger partial charge is 0.270 e. The molecule has 2 aromatic carbocycles. The van der Waals surface area contributed by atoms with Gasteiger partial charge in [0.15, 0.2) is 11.0 Å². The van der Waals surface area contributed by atoms with E-state index in [0.29, 0.717) is 26.7 Å². The zero-order valence-corrected chi connectivity index (χ0v) is 21.3. The molecule has 0 unspecified atom stereocenters. The van der Waals surface area contributed by atoms with E-state index in [4.69, 9.17) is 23.2 Å². The SMILES string of the molecule is CC(C)[C@H](NC(=O)c1cccc([N+](=O)[O-])c1)c1nnc(SCC(=O)Nc2cc(Cl)ccc2Cl)n1C. The Morgan fingerprint density at radius 3 is 2.60 bits per heavy atom. The first-order valence-electron chi connectivity index (χ1n) is 10.4. The van der Waals surface area contributed by atoms with Gasteiger partial charge in [-0.1, -0.05) is 54.9 Å². The molecule has 2 amide bonds. The van der Waals surface area contributed by atoms with Gasteiger partial charge in [-0.25, -0.2) is 0 Å². The van der Waals surface area contributed by atoms with E-state index in [1.807, 2.05) is 13.8 Å². The van der Waals surface area contributed by atoms with Crippen LogP contribution in [0.25, 0.3) is 0 Å². The number of hydrogen-bond donors (Lipinski definition) is 2. The van der Waals surface area contributed by atoms with E-state index in [0.717, 1.165) is 0 Å². The summed E-state index contributed by atoms with van der Waals surface area (Å²) >= 11 is 13.2. The first-order valence-corrected chi connectivity index (χ1v) is 12.1. The zero-order chi connectivity index (χ0) is 25.7. The molecular weight excluding hydrogens is 515 g/mol. The number of benzene rings is 2. The lowest BCUT2D eigenvalue weighted by Gasteiger charge is -2.21. The van der Waals surface area contributed by atoms with Gasteiger partial charge in [-0.05, 0) is 30.2 Å². The fraction of sp³-hybridized carbons (Fsp3) is 0.273. The van der Waals surface area contributed by atoms with Crippen LogP contribution in [0.1, 0.15) is 36.1 Å². The number of thioether (sulfide) groups is 1. The number of anilines is 1. The summed E-state index contributed by atoms with van der Waals surface area (Å²) in [5.74, 6) is -0.307. The summed E-state index contributed by atoms with van der Waals surface area (Å²) in [4.78, 5) is 35.7. The van der Waals surface area contributed by atoms with Crippen molar-refractivity contribution in [1.82, 2.24) is 20.1 Å². The van der Waals surface area contributed by atoms with E-state index >= 15 is 0 Å². The number of carbonyl (C=O) groups is 2. The van der Waals surface area contributed by atoms with Crippen molar-refractivity contribution in [3.63, 3.8) is 0 Å². The van der Waals surface area contributed by atoms with Gasteiger partial charge < -0.3 is 15.2 Å². The lowest BCUT2D eigenvalue weighted by Crippen LogP contribution is -2.33. The molecule has 0 spiro atoms. The molecule has 0 saturated heterocycles. The van der Waals surface area contributed by atoms with Crippen LogP contribution in [0.3, 0.4) is 0 Å². The third-order valence-electron chi connectivity index (χ3n) is 4.95. The second-order valence-corrected chi connectivity index (χ2v) is 9.65. The fourth-order valence-corrected chi connectivity index (χ4v) is 4.20. The van der Waals surface area contributed by atoms with Crippen molar-refractivity contribution < 1.29 is 14.5 Å². The summed E-state index contributed by atoms with van der Waals surface area (Å²) in [6.45, 7) is 3.81. The normalized spacial score (nSPS) is 11.8. The second-order valence-electron chi connectivity index (χ2n) is 7.86. The number of hydrogen-bond acceptors (Lipinski definition) is 7. The largest absolute Gasteiger partial charge is 0.342 e. The summed E-state index contributed by atoms with van der Waals surface area (Å²) < 4.78 is 1.70. The molecule has 1 aromatic heterocycles. The van der Waals surface area contributed by atoms with Crippen LogP contribution in [-0.2, 0) is 11.8 Å². The summed E-state index contributed by atoms with van der Waals surface area (Å²) in [6, 6.07) is 9.75. The molecule has 0 radical (unpaired) electrons. The van der Waals surface area contributed by atoms with Crippen molar-refractivity contribution in [3.8, 4) is 0 Å². The number of carbonyl (C=O) groups excluding carboxylic acids is 2. The maximum atomic E-state index is 12.8. The minimum atomic E-state index is -0.556. The number of rotatable bonds is 9. The number of non-ortho nitro benzene ring substituents is 1. The number of nitrogens with zero attached hydrogens (tertiary/aromatic N) is 4. The third kappa shape index (κ3) is 6.71. The van der Waals surface area contributed by atoms with Crippen LogP contribution in [-0.4, -0.2) is 37.3 Å². The summed E-state index contributed by atoms with van der Waals surface area (Å²) in [5, 5.41) is 26.3. The molecule has 0 aliphatic rings. The molecule has 0 saturated carbocycles. The molecule has 3 rings (SSSR count). The Morgan fingerprint density at radius 2 is 1.91 bits per heavy atom. The van der Waals surface area contributed by atoms with Crippen molar-refractivity contribution in [2.24, 2.45) is 13.0 Å². The van der Waals surface area contributed by atoms with Gasteiger partial charge in [0.1, 0.15) is 0 Å².